The molecule has 6 aromatic rings. The van der Waals surface area contributed by atoms with Crippen LogP contribution in [0.15, 0.2) is 180 Å². The van der Waals surface area contributed by atoms with E-state index in [2.05, 4.69) is 0 Å². The molecule has 0 atom stereocenters. The van der Waals surface area contributed by atoms with Gasteiger partial charge in [-0.25, -0.2) is 0 Å². The lowest BCUT2D eigenvalue weighted by atomic mass is 10.0. The van der Waals surface area contributed by atoms with Crippen molar-refractivity contribution in [1.82, 2.24) is 0 Å². The Balaban J connectivity index is 1.48. The van der Waals surface area contributed by atoms with Crippen molar-refractivity contribution in [3.8, 4) is 11.5 Å². The molecule has 0 bridgehead atoms. The van der Waals surface area contributed by atoms with E-state index in [1.807, 2.05) is 170 Å². The van der Waals surface area contributed by atoms with Crippen LogP contribution in [-0.4, -0.2) is 14.2 Å². The molecule has 0 radical (unpaired) electrons. The minimum atomic E-state index is -3.29. The average Bonchev–Trinajstić information content (AvgIpc) is 3.16. The second-order valence-electron chi connectivity index (χ2n) is 10.7. The zero-order chi connectivity index (χ0) is 33.2. The lowest BCUT2D eigenvalue weighted by Crippen LogP contribution is -2.29. The summed E-state index contributed by atoms with van der Waals surface area (Å²) in [7, 11) is -0.0118. The third kappa shape index (κ3) is 7.57. The molecule has 0 spiro atoms. The Labute approximate surface area is 291 Å². The van der Waals surface area contributed by atoms with E-state index in [1.54, 1.807) is 14.2 Å². The molecule has 5 nitrogen and oxygen atoms in total. The van der Waals surface area contributed by atoms with Gasteiger partial charge in [0, 0.05) is 9.79 Å². The van der Waals surface area contributed by atoms with Crippen LogP contribution < -0.4 is 9.47 Å². The first-order valence-corrected chi connectivity index (χ1v) is 18.2. The van der Waals surface area contributed by atoms with Crippen LogP contribution in [0.1, 0.15) is 22.3 Å². The quantitative estimate of drug-likeness (QED) is 0.0640. The molecule has 0 saturated heterocycles. The number of hydrogen-bond acceptors (Lipinski definition) is 7. The first-order chi connectivity index (χ1) is 23.5. The summed E-state index contributed by atoms with van der Waals surface area (Å²) in [4.78, 5) is -0.639. The lowest BCUT2D eigenvalue weighted by Gasteiger charge is -2.37. The highest BCUT2D eigenvalue weighted by atomic mass is 32.2. The Kier molecular flexibility index (Phi) is 11.1. The second-order valence-corrected chi connectivity index (χ2v) is 14.1. The average molecular weight is 691 g/mol. The van der Waals surface area contributed by atoms with Gasteiger partial charge in [-0.2, -0.15) is 0 Å². The van der Waals surface area contributed by atoms with E-state index in [0.29, 0.717) is 0 Å². The fourth-order valence-corrected chi connectivity index (χ4v) is 9.30. The number of hydrogen-bond donors (Lipinski definition) is 0. The summed E-state index contributed by atoms with van der Waals surface area (Å²) < 4.78 is 39.4. The number of rotatable bonds is 14. The van der Waals surface area contributed by atoms with E-state index in [1.165, 1.54) is 23.5 Å². The normalized spacial score (nSPS) is 11.7. The molecule has 6 aromatic carbocycles. The maximum absolute atomic E-state index is 14.8. The highest BCUT2D eigenvalue weighted by Crippen LogP contribution is 2.58. The molecule has 0 aromatic heterocycles. The molecule has 0 saturated carbocycles. The van der Waals surface area contributed by atoms with Crippen molar-refractivity contribution in [2.75, 3.05) is 14.2 Å². The van der Waals surface area contributed by atoms with Crippen LogP contribution in [0.4, 0.5) is 0 Å². The van der Waals surface area contributed by atoms with E-state index >= 15 is 0 Å². The molecule has 0 heterocycles. The molecular weight excluding hydrogens is 656 g/mol. The van der Waals surface area contributed by atoms with Crippen LogP contribution in [0.5, 0.6) is 11.5 Å². The zero-order valence-electron chi connectivity index (χ0n) is 26.5. The number of thioether (sulfide) groups is 2. The van der Waals surface area contributed by atoms with Gasteiger partial charge in [0.15, 0.2) is 9.87 Å². The summed E-state index contributed by atoms with van der Waals surface area (Å²) >= 11 is 2.93. The van der Waals surface area contributed by atoms with Crippen LogP contribution in [0.3, 0.4) is 0 Å². The van der Waals surface area contributed by atoms with Gasteiger partial charge in [0.05, 0.1) is 14.2 Å². The minimum Gasteiger partial charge on any atom is -0.497 e. The largest absolute Gasteiger partial charge is 0.497 e. The van der Waals surface area contributed by atoms with Gasteiger partial charge in [0.25, 0.3) is 0 Å². The predicted octanol–water partition coefficient (Wildman–Crippen LogP) is 10.8. The highest BCUT2D eigenvalue weighted by Gasteiger charge is 2.44. The number of benzene rings is 6. The van der Waals surface area contributed by atoms with Crippen LogP contribution in [0, 0.1) is 0 Å². The predicted molar refractivity (Wildman–Crippen MR) is 196 cm³/mol. The van der Waals surface area contributed by atoms with Crippen LogP contribution in [0.2, 0.25) is 0 Å². The Morgan fingerprint density at radius 3 is 0.938 bits per heavy atom. The molecule has 0 fully saturated rings. The molecule has 242 valence electrons. The van der Waals surface area contributed by atoms with Crippen LogP contribution >= 0.6 is 31.8 Å². The molecule has 0 unspecified atom stereocenters. The van der Waals surface area contributed by atoms with Gasteiger partial charge in [-0.15, -0.1) is 0 Å². The van der Waals surface area contributed by atoms with Gasteiger partial charge in [0.2, 0.25) is 0 Å². The van der Waals surface area contributed by atoms with Crippen molar-refractivity contribution in [2.24, 2.45) is 0 Å². The summed E-state index contributed by atoms with van der Waals surface area (Å²) in [5.41, 5.74) is 3.30. The van der Waals surface area contributed by atoms with E-state index in [4.69, 9.17) is 18.5 Å². The van der Waals surface area contributed by atoms with Gasteiger partial charge in [-0.3, -0.25) is 13.6 Å². The molecule has 8 heteroatoms. The zero-order valence-corrected chi connectivity index (χ0v) is 29.2. The Hall–Kier alpha value is -4.23. The van der Waals surface area contributed by atoms with Crippen molar-refractivity contribution < 1.29 is 23.1 Å². The topological polar surface area (TPSA) is 54.0 Å². The summed E-state index contributed by atoms with van der Waals surface area (Å²) in [6, 6.07) is 55.0. The molecular formula is C40H35O5PS2. The lowest BCUT2D eigenvalue weighted by molar-refractivity contribution is 0.130. The maximum Gasteiger partial charge on any atom is 0.323 e. The second kappa shape index (κ2) is 15.8. The van der Waals surface area contributed by atoms with Gasteiger partial charge < -0.3 is 9.47 Å². The molecule has 0 aliphatic carbocycles. The van der Waals surface area contributed by atoms with Crippen molar-refractivity contribution in [3.05, 3.63) is 192 Å². The van der Waals surface area contributed by atoms with E-state index < -0.39 is 18.1 Å². The SMILES string of the molecule is COc1ccc(SC(O[PH](=O)OC(Sc2ccc(OC)cc2)(c2ccccc2)c2ccccc2)(c2ccccc2)c2ccccc2)cc1. The van der Waals surface area contributed by atoms with E-state index in [-0.39, 0.29) is 0 Å². The number of ether oxygens (including phenoxy) is 2. The van der Waals surface area contributed by atoms with Crippen molar-refractivity contribution in [3.63, 3.8) is 0 Å². The van der Waals surface area contributed by atoms with Gasteiger partial charge in [-0.1, -0.05) is 145 Å². The minimum absolute atomic E-state index is 0.744. The standard InChI is InChI=1S/C40H35O5PS2/c1-42-35-23-27-37(28-24-35)47-39(31-15-7-3-8-16-31,32-17-9-4-10-18-32)44-46(41)45-40(33-19-11-5-12-20-33,34-21-13-6-14-22-34)48-38-29-25-36(43-2)26-30-38/h3-30,46H,1-2H3. The summed E-state index contributed by atoms with van der Waals surface area (Å²) in [5, 5.41) is 0. The van der Waals surface area contributed by atoms with E-state index in [9.17, 15) is 4.57 Å². The molecule has 0 aliphatic heterocycles. The van der Waals surface area contributed by atoms with Crippen molar-refractivity contribution in [2.45, 2.75) is 19.7 Å². The monoisotopic (exact) mass is 690 g/mol. The van der Waals surface area contributed by atoms with Crippen molar-refractivity contribution in [1.29, 1.82) is 0 Å². The molecule has 48 heavy (non-hydrogen) atoms. The summed E-state index contributed by atoms with van der Waals surface area (Å²) in [6.45, 7) is 0. The Morgan fingerprint density at radius 2 is 0.688 bits per heavy atom. The molecule has 0 N–H and O–H groups in total. The van der Waals surface area contributed by atoms with Gasteiger partial charge in [-0.05, 0) is 70.8 Å². The maximum atomic E-state index is 14.8. The van der Waals surface area contributed by atoms with Crippen LogP contribution in [-0.2, 0) is 23.5 Å². The van der Waals surface area contributed by atoms with Gasteiger partial charge >= 0.3 is 8.25 Å². The summed E-state index contributed by atoms with van der Waals surface area (Å²) in [5.74, 6) is 1.49. The first-order valence-electron chi connectivity index (χ1n) is 15.3. The fourth-order valence-electron chi connectivity index (χ4n) is 5.35. The number of methoxy groups -OCH3 is 2. The van der Waals surface area contributed by atoms with Crippen LogP contribution in [0.25, 0.3) is 0 Å². The Bertz CT molecular complexity index is 1670. The Morgan fingerprint density at radius 1 is 0.417 bits per heavy atom. The smallest absolute Gasteiger partial charge is 0.323 e. The van der Waals surface area contributed by atoms with Crippen molar-refractivity contribution >= 4 is 31.8 Å². The first kappa shape index (κ1) is 33.7. The highest BCUT2D eigenvalue weighted by molar-refractivity contribution is 8.00. The van der Waals surface area contributed by atoms with E-state index in [0.717, 1.165) is 43.5 Å². The molecule has 6 rings (SSSR count). The molecule has 0 amide bonds. The fraction of sp³-hybridized carbons (Fsp3) is 0.100. The summed E-state index contributed by atoms with van der Waals surface area (Å²) in [6.07, 6.45) is 0. The third-order valence-corrected chi connectivity index (χ3v) is 11.7. The molecule has 0 aliphatic rings. The third-order valence-electron chi connectivity index (χ3n) is 7.71. The van der Waals surface area contributed by atoms with Gasteiger partial charge in [0.1, 0.15) is 11.5 Å².